The Morgan fingerprint density at radius 2 is 0.688 bits per heavy atom. The van der Waals surface area contributed by atoms with Crippen LogP contribution in [0.2, 0.25) is 0 Å². The van der Waals surface area contributed by atoms with Gasteiger partial charge in [-0.15, -0.1) is 0 Å². The van der Waals surface area contributed by atoms with E-state index in [0.29, 0.717) is 0 Å². The summed E-state index contributed by atoms with van der Waals surface area (Å²) >= 11 is 0. The molecule has 350 valence electrons. The number of aromatic nitrogens is 2. The monoisotopic (exact) mass is 968 g/mol. The minimum atomic E-state index is -0.0780. The average Bonchev–Trinajstić information content (AvgIpc) is 4.18. The van der Waals surface area contributed by atoms with Gasteiger partial charge in [-0.25, -0.2) is 0 Å². The molecule has 0 bridgehead atoms. The van der Waals surface area contributed by atoms with Crippen LogP contribution in [0.5, 0.6) is 0 Å². The molecular formula is C74H41BN2. The van der Waals surface area contributed by atoms with E-state index in [-0.39, 0.29) is 6.71 Å². The fourth-order valence-electron chi connectivity index (χ4n) is 15.2. The predicted molar refractivity (Wildman–Crippen MR) is 331 cm³/mol. The minimum absolute atomic E-state index is 0.0780. The molecule has 15 aromatic carbocycles. The first-order valence-electron chi connectivity index (χ1n) is 27.0. The highest BCUT2D eigenvalue weighted by atomic mass is 15.0. The van der Waals surface area contributed by atoms with E-state index in [1.165, 1.54) is 180 Å². The zero-order valence-corrected chi connectivity index (χ0v) is 41.6. The summed E-state index contributed by atoms with van der Waals surface area (Å²) in [5, 5.41) is 25.8. The maximum atomic E-state index is 2.68. The quantitative estimate of drug-likeness (QED) is 0.121. The maximum Gasteiger partial charge on any atom is 0.252 e. The fourth-order valence-corrected chi connectivity index (χ4v) is 15.2. The van der Waals surface area contributed by atoms with E-state index in [9.17, 15) is 0 Å². The Hall–Kier alpha value is -9.96. The molecule has 0 radical (unpaired) electrons. The molecule has 2 aromatic heterocycles. The fraction of sp³-hybridized carbons (Fsp3) is 0. The zero-order valence-electron chi connectivity index (χ0n) is 41.6. The highest BCUT2D eigenvalue weighted by Crippen LogP contribution is 2.50. The van der Waals surface area contributed by atoms with E-state index in [4.69, 9.17) is 0 Å². The molecule has 3 heteroatoms. The highest BCUT2D eigenvalue weighted by molar-refractivity contribution is 7.00. The van der Waals surface area contributed by atoms with Gasteiger partial charge >= 0.3 is 0 Å². The van der Waals surface area contributed by atoms with Crippen LogP contribution in [0.1, 0.15) is 0 Å². The molecule has 19 rings (SSSR count). The maximum absolute atomic E-state index is 2.68. The Balaban J connectivity index is 1.04. The first-order chi connectivity index (χ1) is 38.2. The molecule has 0 spiro atoms. The molecule has 2 aliphatic rings. The Labute approximate surface area is 441 Å². The van der Waals surface area contributed by atoms with Crippen molar-refractivity contribution in [2.75, 3.05) is 0 Å². The molecule has 0 atom stereocenters. The molecular weight excluding hydrogens is 928 g/mol. The second kappa shape index (κ2) is 14.5. The molecule has 0 saturated carbocycles. The molecule has 17 aromatic rings. The summed E-state index contributed by atoms with van der Waals surface area (Å²) in [6.45, 7) is -0.0780. The molecule has 2 aliphatic heterocycles. The minimum Gasteiger partial charge on any atom is -0.310 e. The van der Waals surface area contributed by atoms with Crippen LogP contribution in [0.15, 0.2) is 249 Å². The highest BCUT2D eigenvalue weighted by Gasteiger charge is 2.42. The molecule has 0 fully saturated rings. The van der Waals surface area contributed by atoms with Gasteiger partial charge in [-0.3, -0.25) is 0 Å². The number of hydrogen-bond acceptors (Lipinski definition) is 0. The van der Waals surface area contributed by atoms with Gasteiger partial charge < -0.3 is 9.13 Å². The number of nitrogens with zero attached hydrogens (tertiary/aromatic N) is 2. The standard InChI is InChI=1S/C74H41BN2/c1-3-20-46-42(16-1)18-13-30-48(46)44-34-36-64-59(38-44)61-39-45(49-31-14-19-43-17-2-4-21-47(43)49)40-62-73(61)76(64)66-32-15-33-67-72(66)75(62)63-41-60-55-27-8-6-23-51(55)53-25-10-12-29-57(53)69(60)71-70-65(77(67)74(63)71)37-35-58-54-26-7-5-22-50(54)52-24-9-11-28-56(52)68(58)70/h1-41H. The van der Waals surface area contributed by atoms with Crippen molar-refractivity contribution in [3.63, 3.8) is 0 Å². The van der Waals surface area contributed by atoms with Crippen LogP contribution in [0.25, 0.3) is 163 Å². The molecule has 0 amide bonds. The predicted octanol–water partition coefficient (Wildman–Crippen LogP) is 17.6. The summed E-state index contributed by atoms with van der Waals surface area (Å²) in [5.74, 6) is 0. The summed E-state index contributed by atoms with van der Waals surface area (Å²) in [4.78, 5) is 0. The lowest BCUT2D eigenvalue weighted by molar-refractivity contribution is 1.14. The lowest BCUT2D eigenvalue weighted by Gasteiger charge is -2.34. The SMILES string of the molecule is c1cc2c3c(c1)-n1c4ccc5c6ccccc6c6ccccc6c5c4c4c5c6ccccc6c6ccccc6c5cc(c41)B3c1cc(-c3cccc4ccccc34)cc3c4cc(-c5cccc6ccccc56)ccc4n-2c13. The van der Waals surface area contributed by atoms with Gasteiger partial charge in [0.05, 0.1) is 16.6 Å². The van der Waals surface area contributed by atoms with Crippen molar-refractivity contribution in [2.24, 2.45) is 0 Å². The number of hydrogen-bond donors (Lipinski definition) is 0. The third-order valence-electron chi connectivity index (χ3n) is 18.2. The van der Waals surface area contributed by atoms with E-state index in [2.05, 4.69) is 258 Å². The smallest absolute Gasteiger partial charge is 0.252 e. The summed E-state index contributed by atoms with van der Waals surface area (Å²) in [5.41, 5.74) is 16.6. The van der Waals surface area contributed by atoms with Gasteiger partial charge in [0.15, 0.2) is 0 Å². The summed E-state index contributed by atoms with van der Waals surface area (Å²) < 4.78 is 5.31. The summed E-state index contributed by atoms with van der Waals surface area (Å²) in [7, 11) is 0. The molecule has 0 unspecified atom stereocenters. The first kappa shape index (κ1) is 40.4. The van der Waals surface area contributed by atoms with Crippen molar-refractivity contribution >= 4 is 153 Å². The van der Waals surface area contributed by atoms with Crippen LogP contribution < -0.4 is 16.4 Å². The van der Waals surface area contributed by atoms with E-state index in [1.54, 1.807) is 0 Å². The summed E-state index contributed by atoms with van der Waals surface area (Å²) in [6, 6.07) is 94.7. The Morgan fingerprint density at radius 1 is 0.247 bits per heavy atom. The lowest BCUT2D eigenvalue weighted by Crippen LogP contribution is -2.59. The molecule has 0 N–H and O–H groups in total. The van der Waals surface area contributed by atoms with Crippen LogP contribution in [0, 0.1) is 0 Å². The third kappa shape index (κ3) is 5.03. The molecule has 0 aliphatic carbocycles. The van der Waals surface area contributed by atoms with Gasteiger partial charge in [0, 0.05) is 49.2 Å². The van der Waals surface area contributed by atoms with Crippen LogP contribution in [0.4, 0.5) is 0 Å². The van der Waals surface area contributed by atoms with Crippen LogP contribution in [-0.4, -0.2) is 15.8 Å². The second-order valence-electron chi connectivity index (χ2n) is 21.7. The van der Waals surface area contributed by atoms with Crippen molar-refractivity contribution in [1.82, 2.24) is 9.13 Å². The third-order valence-corrected chi connectivity index (χ3v) is 18.2. The van der Waals surface area contributed by atoms with Crippen molar-refractivity contribution < 1.29 is 0 Å². The molecule has 0 saturated heterocycles. The Bertz CT molecular complexity index is 5550. The molecule has 4 heterocycles. The van der Waals surface area contributed by atoms with E-state index in [1.807, 2.05) is 0 Å². The molecule has 77 heavy (non-hydrogen) atoms. The lowest BCUT2D eigenvalue weighted by atomic mass is 9.34. The van der Waals surface area contributed by atoms with Gasteiger partial charge in [-0.1, -0.05) is 212 Å². The zero-order chi connectivity index (χ0) is 49.8. The second-order valence-corrected chi connectivity index (χ2v) is 21.7. The average molecular weight is 969 g/mol. The van der Waals surface area contributed by atoms with E-state index in [0.717, 1.165) is 0 Å². The number of fused-ring (bicyclic) bond motifs is 26. The summed E-state index contributed by atoms with van der Waals surface area (Å²) in [6.07, 6.45) is 0. The van der Waals surface area contributed by atoms with E-state index < -0.39 is 0 Å². The normalized spacial score (nSPS) is 12.9. The van der Waals surface area contributed by atoms with Gasteiger partial charge in [0.2, 0.25) is 0 Å². The van der Waals surface area contributed by atoms with Gasteiger partial charge in [0.1, 0.15) is 0 Å². The van der Waals surface area contributed by atoms with Gasteiger partial charge in [-0.2, -0.15) is 0 Å². The van der Waals surface area contributed by atoms with Crippen molar-refractivity contribution in [1.29, 1.82) is 0 Å². The first-order valence-corrected chi connectivity index (χ1v) is 27.0. The Kier molecular flexibility index (Phi) is 7.59. The topological polar surface area (TPSA) is 9.86 Å². The largest absolute Gasteiger partial charge is 0.310 e. The van der Waals surface area contributed by atoms with Gasteiger partial charge in [0.25, 0.3) is 6.71 Å². The number of rotatable bonds is 2. The van der Waals surface area contributed by atoms with Crippen molar-refractivity contribution in [3.8, 4) is 33.6 Å². The van der Waals surface area contributed by atoms with E-state index >= 15 is 0 Å². The van der Waals surface area contributed by atoms with Crippen molar-refractivity contribution in [3.05, 3.63) is 249 Å². The van der Waals surface area contributed by atoms with Crippen LogP contribution >= 0.6 is 0 Å². The Morgan fingerprint density at radius 3 is 1.31 bits per heavy atom. The van der Waals surface area contributed by atoms with Crippen LogP contribution in [-0.2, 0) is 0 Å². The molecule has 2 nitrogen and oxygen atoms in total. The van der Waals surface area contributed by atoms with Gasteiger partial charge in [-0.05, 0) is 150 Å². The van der Waals surface area contributed by atoms with Crippen molar-refractivity contribution in [2.45, 2.75) is 0 Å². The van der Waals surface area contributed by atoms with Crippen LogP contribution in [0.3, 0.4) is 0 Å². The number of benzene rings is 15.